The average Bonchev–Trinajstić information content (AvgIpc) is 2.14. The highest BCUT2D eigenvalue weighted by molar-refractivity contribution is 5.31. The van der Waals surface area contributed by atoms with Crippen molar-refractivity contribution in [1.82, 2.24) is 4.98 Å². The van der Waals surface area contributed by atoms with Gasteiger partial charge in [0.25, 0.3) is 0 Å². The zero-order valence-electron chi connectivity index (χ0n) is 12.3. The van der Waals surface area contributed by atoms with E-state index in [1.807, 2.05) is 6.92 Å². The molecule has 0 aliphatic heterocycles. The number of nitrogens with zero attached hydrogens (tertiary/aromatic N) is 1. The van der Waals surface area contributed by atoms with Crippen LogP contribution in [0, 0.1) is 0 Å². The van der Waals surface area contributed by atoms with E-state index in [0.717, 1.165) is 11.4 Å². The van der Waals surface area contributed by atoms with Crippen LogP contribution in [0.15, 0.2) is 12.1 Å². The van der Waals surface area contributed by atoms with Gasteiger partial charge in [-0.1, -0.05) is 41.5 Å². The van der Waals surface area contributed by atoms with Crippen LogP contribution in [0.4, 0.5) is 0 Å². The smallest absolute Gasteiger partial charge is 0.0574 e. The summed E-state index contributed by atoms with van der Waals surface area (Å²) in [5.74, 6) is 0. The van der Waals surface area contributed by atoms with Crippen LogP contribution in [0.1, 0.15) is 71.5 Å². The van der Waals surface area contributed by atoms with E-state index in [0.29, 0.717) is 0 Å². The Bertz CT molecular complexity index is 360. The summed E-state index contributed by atoms with van der Waals surface area (Å²) in [5.41, 5.74) is 9.59. The first kappa shape index (κ1) is 14.2. The fourth-order valence-electron chi connectivity index (χ4n) is 1.60. The minimum absolute atomic E-state index is 0.0154. The van der Waals surface area contributed by atoms with E-state index < -0.39 is 0 Å². The van der Waals surface area contributed by atoms with Gasteiger partial charge in [-0.25, -0.2) is 0 Å². The summed E-state index contributed by atoms with van der Waals surface area (Å²) < 4.78 is 0. The molecular formula is C15H26N2. The Kier molecular flexibility index (Phi) is 3.68. The largest absolute Gasteiger partial charge is 0.323 e. The molecule has 0 aromatic carbocycles. The van der Waals surface area contributed by atoms with Crippen molar-refractivity contribution in [2.24, 2.45) is 5.73 Å². The van der Waals surface area contributed by atoms with Gasteiger partial charge in [-0.15, -0.1) is 0 Å². The SMILES string of the molecule is CC(N)c1cc(C(C)(C)C)cc(C(C)(C)C)n1. The van der Waals surface area contributed by atoms with E-state index in [9.17, 15) is 0 Å². The summed E-state index contributed by atoms with van der Waals surface area (Å²) in [6, 6.07) is 4.34. The average molecular weight is 234 g/mol. The van der Waals surface area contributed by atoms with Crippen molar-refractivity contribution in [3.8, 4) is 0 Å². The van der Waals surface area contributed by atoms with Crippen molar-refractivity contribution in [1.29, 1.82) is 0 Å². The molecule has 1 heterocycles. The monoisotopic (exact) mass is 234 g/mol. The molecule has 0 radical (unpaired) electrons. The fourth-order valence-corrected chi connectivity index (χ4v) is 1.60. The van der Waals surface area contributed by atoms with E-state index in [1.54, 1.807) is 0 Å². The summed E-state index contributed by atoms with van der Waals surface area (Å²) in [6.07, 6.45) is 0. The third-order valence-corrected chi connectivity index (χ3v) is 2.95. The van der Waals surface area contributed by atoms with Crippen LogP contribution >= 0.6 is 0 Å². The molecule has 0 bridgehead atoms. The van der Waals surface area contributed by atoms with Gasteiger partial charge in [-0.3, -0.25) is 4.98 Å². The zero-order valence-corrected chi connectivity index (χ0v) is 12.3. The van der Waals surface area contributed by atoms with Crippen LogP contribution in [-0.2, 0) is 10.8 Å². The lowest BCUT2D eigenvalue weighted by Gasteiger charge is -2.25. The predicted molar refractivity (Wildman–Crippen MR) is 74.2 cm³/mol. The van der Waals surface area contributed by atoms with Crippen LogP contribution < -0.4 is 5.73 Å². The maximum absolute atomic E-state index is 5.98. The maximum Gasteiger partial charge on any atom is 0.0574 e. The Hall–Kier alpha value is -0.890. The molecule has 2 nitrogen and oxygen atoms in total. The quantitative estimate of drug-likeness (QED) is 0.804. The van der Waals surface area contributed by atoms with Crippen molar-refractivity contribution in [2.45, 2.75) is 65.3 Å². The summed E-state index contributed by atoms with van der Waals surface area (Å²) >= 11 is 0. The van der Waals surface area contributed by atoms with Crippen LogP contribution in [-0.4, -0.2) is 4.98 Å². The molecule has 1 atom stereocenters. The van der Waals surface area contributed by atoms with Gasteiger partial charge in [-0.05, 0) is 30.0 Å². The Morgan fingerprint density at radius 2 is 1.53 bits per heavy atom. The molecule has 96 valence electrons. The van der Waals surface area contributed by atoms with Crippen molar-refractivity contribution in [2.75, 3.05) is 0 Å². The van der Waals surface area contributed by atoms with Crippen LogP contribution in [0.2, 0.25) is 0 Å². The molecule has 0 spiro atoms. The molecule has 0 saturated heterocycles. The summed E-state index contributed by atoms with van der Waals surface area (Å²) in [4.78, 5) is 4.69. The maximum atomic E-state index is 5.98. The first-order valence-corrected chi connectivity index (χ1v) is 6.30. The van der Waals surface area contributed by atoms with Gasteiger partial charge in [0.05, 0.1) is 5.69 Å². The number of hydrogen-bond donors (Lipinski definition) is 1. The van der Waals surface area contributed by atoms with E-state index in [1.165, 1.54) is 5.56 Å². The molecule has 0 amide bonds. The van der Waals surface area contributed by atoms with E-state index in [-0.39, 0.29) is 16.9 Å². The van der Waals surface area contributed by atoms with Gasteiger partial charge in [0.1, 0.15) is 0 Å². The number of rotatable bonds is 1. The van der Waals surface area contributed by atoms with Gasteiger partial charge in [0.2, 0.25) is 0 Å². The second-order valence-electron chi connectivity index (χ2n) is 6.95. The first-order valence-electron chi connectivity index (χ1n) is 6.30. The van der Waals surface area contributed by atoms with Crippen molar-refractivity contribution in [3.05, 3.63) is 29.1 Å². The first-order chi connectivity index (χ1) is 7.51. The van der Waals surface area contributed by atoms with Crippen LogP contribution in [0.3, 0.4) is 0 Å². The predicted octanol–water partition coefficient (Wildman–Crippen LogP) is 3.70. The van der Waals surface area contributed by atoms with Crippen molar-refractivity contribution in [3.63, 3.8) is 0 Å². The topological polar surface area (TPSA) is 38.9 Å². The molecule has 17 heavy (non-hydrogen) atoms. The minimum atomic E-state index is -0.0154. The van der Waals surface area contributed by atoms with E-state index in [4.69, 9.17) is 10.7 Å². The molecular weight excluding hydrogens is 208 g/mol. The third-order valence-electron chi connectivity index (χ3n) is 2.95. The highest BCUT2D eigenvalue weighted by Gasteiger charge is 2.22. The molecule has 0 aliphatic carbocycles. The van der Waals surface area contributed by atoms with Gasteiger partial charge in [-0.2, -0.15) is 0 Å². The lowest BCUT2D eigenvalue weighted by molar-refractivity contribution is 0.544. The third kappa shape index (κ3) is 3.53. The number of aromatic nitrogens is 1. The summed E-state index contributed by atoms with van der Waals surface area (Å²) in [6.45, 7) is 15.2. The number of nitrogens with two attached hydrogens (primary N) is 1. The normalized spacial score (nSPS) is 14.8. The molecule has 0 saturated carbocycles. The molecule has 2 heteroatoms. The lowest BCUT2D eigenvalue weighted by atomic mass is 9.83. The summed E-state index contributed by atoms with van der Waals surface area (Å²) in [7, 11) is 0. The Morgan fingerprint density at radius 1 is 1.00 bits per heavy atom. The highest BCUT2D eigenvalue weighted by Crippen LogP contribution is 2.29. The molecule has 0 aliphatic rings. The molecule has 1 rings (SSSR count). The highest BCUT2D eigenvalue weighted by atomic mass is 14.8. The van der Waals surface area contributed by atoms with Gasteiger partial charge >= 0.3 is 0 Å². The second kappa shape index (κ2) is 4.41. The minimum Gasteiger partial charge on any atom is -0.323 e. The van der Waals surface area contributed by atoms with E-state index in [2.05, 4.69) is 53.7 Å². The molecule has 1 aromatic heterocycles. The summed E-state index contributed by atoms with van der Waals surface area (Å²) in [5, 5.41) is 0. The molecule has 1 aromatic rings. The van der Waals surface area contributed by atoms with Gasteiger partial charge < -0.3 is 5.73 Å². The van der Waals surface area contributed by atoms with E-state index >= 15 is 0 Å². The van der Waals surface area contributed by atoms with Crippen LogP contribution in [0.5, 0.6) is 0 Å². The Balaban J connectivity index is 3.40. The Morgan fingerprint density at radius 3 is 1.88 bits per heavy atom. The van der Waals surface area contributed by atoms with Crippen LogP contribution in [0.25, 0.3) is 0 Å². The number of pyridine rings is 1. The molecule has 0 fully saturated rings. The Labute approximate surface area is 106 Å². The van der Waals surface area contributed by atoms with Crippen molar-refractivity contribution < 1.29 is 0 Å². The van der Waals surface area contributed by atoms with Gasteiger partial charge in [0, 0.05) is 17.2 Å². The second-order valence-corrected chi connectivity index (χ2v) is 6.95. The standard InChI is InChI=1S/C15H26N2/c1-10(16)12-8-11(14(2,3)4)9-13(17-12)15(5,6)7/h8-10H,16H2,1-7H3. The van der Waals surface area contributed by atoms with Crippen molar-refractivity contribution >= 4 is 0 Å². The van der Waals surface area contributed by atoms with Gasteiger partial charge in [0.15, 0.2) is 0 Å². The fraction of sp³-hybridized carbons (Fsp3) is 0.667. The lowest BCUT2D eigenvalue weighted by Crippen LogP contribution is -2.21. The zero-order chi connectivity index (χ0) is 13.4. The molecule has 1 unspecified atom stereocenters. The number of hydrogen-bond acceptors (Lipinski definition) is 2. The molecule has 2 N–H and O–H groups in total.